The molecule has 2 heterocycles. The number of carbonyl (C=O) groups is 1. The first kappa shape index (κ1) is 25.3. The molecule has 1 fully saturated rings. The highest BCUT2D eigenvalue weighted by Gasteiger charge is 2.21. The molecule has 1 aromatic heterocycles. The number of halogens is 2. The summed E-state index contributed by atoms with van der Waals surface area (Å²) in [6.07, 6.45) is 0.416. The van der Waals surface area contributed by atoms with Crippen LogP contribution in [0.3, 0.4) is 0 Å². The van der Waals surface area contributed by atoms with Gasteiger partial charge in [0.15, 0.2) is 5.96 Å². The average molecular weight is 560 g/mol. The van der Waals surface area contributed by atoms with Crippen molar-refractivity contribution in [1.82, 2.24) is 20.1 Å². The number of aromatic nitrogens is 1. The number of thiazole rings is 1. The zero-order valence-electron chi connectivity index (χ0n) is 18.2. The Morgan fingerprint density at radius 1 is 1.26 bits per heavy atom. The molecule has 0 atom stereocenters. The number of nitrogens with zero attached hydrogens (tertiary/aromatic N) is 5. The Hall–Kier alpha value is -1.95. The maximum Gasteiger partial charge on any atom is 0.224 e. The van der Waals surface area contributed by atoms with Crippen LogP contribution in [0.25, 0.3) is 0 Å². The summed E-state index contributed by atoms with van der Waals surface area (Å²) in [5, 5.41) is 6.36. The fourth-order valence-corrected chi connectivity index (χ4v) is 4.09. The number of anilines is 1. The molecule has 170 valence electrons. The van der Waals surface area contributed by atoms with Gasteiger partial charge >= 0.3 is 0 Å². The fourth-order valence-electron chi connectivity index (χ4n) is 3.49. The number of nitrogens with one attached hydrogen (secondary N) is 1. The van der Waals surface area contributed by atoms with E-state index in [1.807, 2.05) is 29.2 Å². The highest BCUT2D eigenvalue weighted by molar-refractivity contribution is 14.0. The molecule has 0 unspecified atom stereocenters. The van der Waals surface area contributed by atoms with Crippen molar-refractivity contribution in [3.05, 3.63) is 46.2 Å². The summed E-state index contributed by atoms with van der Waals surface area (Å²) in [5.41, 5.74) is 2.00. The van der Waals surface area contributed by atoms with Crippen LogP contribution in [0.5, 0.6) is 0 Å². The zero-order valence-corrected chi connectivity index (χ0v) is 21.3. The Kier molecular flexibility index (Phi) is 9.94. The molecule has 1 aromatic carbocycles. The highest BCUT2D eigenvalue weighted by Crippen LogP contribution is 2.17. The van der Waals surface area contributed by atoms with E-state index in [4.69, 9.17) is 0 Å². The van der Waals surface area contributed by atoms with Gasteiger partial charge < -0.3 is 20.0 Å². The fraction of sp³-hybridized carbons (Fsp3) is 0.476. The van der Waals surface area contributed by atoms with Gasteiger partial charge in [-0.15, -0.1) is 35.3 Å². The third-order valence-electron chi connectivity index (χ3n) is 5.09. The lowest BCUT2D eigenvalue weighted by Crippen LogP contribution is -2.49. The van der Waals surface area contributed by atoms with Crippen LogP contribution >= 0.6 is 35.3 Å². The minimum atomic E-state index is -0.234. The summed E-state index contributed by atoms with van der Waals surface area (Å²) < 4.78 is 13.1. The highest BCUT2D eigenvalue weighted by atomic mass is 127. The van der Waals surface area contributed by atoms with Crippen LogP contribution in [0.4, 0.5) is 10.1 Å². The molecule has 0 bridgehead atoms. The molecular formula is C21H30FIN6OS. The van der Waals surface area contributed by atoms with Gasteiger partial charge in [-0.2, -0.15) is 0 Å². The van der Waals surface area contributed by atoms with Gasteiger partial charge in [0, 0.05) is 64.3 Å². The van der Waals surface area contributed by atoms with Gasteiger partial charge in [-0.25, -0.2) is 9.37 Å². The van der Waals surface area contributed by atoms with Crippen molar-refractivity contribution in [3.8, 4) is 0 Å². The molecule has 2 aromatic rings. The van der Waals surface area contributed by atoms with E-state index in [1.165, 1.54) is 12.1 Å². The molecule has 1 N–H and O–H groups in total. The second-order valence-electron chi connectivity index (χ2n) is 7.28. The van der Waals surface area contributed by atoms with Crippen molar-refractivity contribution >= 4 is 52.9 Å². The Balaban J connectivity index is 0.00000341. The summed E-state index contributed by atoms with van der Waals surface area (Å²) in [6.45, 7) is 6.05. The molecule has 7 nitrogen and oxygen atoms in total. The van der Waals surface area contributed by atoms with Crippen LogP contribution in [0, 0.1) is 12.7 Å². The number of piperazine rings is 1. The zero-order chi connectivity index (χ0) is 21.5. The molecule has 0 aliphatic carbocycles. The van der Waals surface area contributed by atoms with Gasteiger partial charge in [-0.1, -0.05) is 0 Å². The molecule has 1 aliphatic rings. The molecule has 3 rings (SSSR count). The number of benzene rings is 1. The second kappa shape index (κ2) is 12.2. The number of hydrogen-bond acceptors (Lipinski definition) is 5. The number of hydrogen-bond donors (Lipinski definition) is 1. The Morgan fingerprint density at radius 2 is 1.94 bits per heavy atom. The Morgan fingerprint density at radius 3 is 2.52 bits per heavy atom. The summed E-state index contributed by atoms with van der Waals surface area (Å²) in [7, 11) is 3.70. The predicted octanol–water partition coefficient (Wildman–Crippen LogP) is 2.95. The van der Waals surface area contributed by atoms with E-state index in [1.54, 1.807) is 30.5 Å². The SMILES string of the molecule is CN=C(NCCC(=O)N1CCN(c2ccc(F)cc2)CC1)N(C)Cc1csc(C)n1.I. The van der Waals surface area contributed by atoms with E-state index in [0.717, 1.165) is 35.4 Å². The molecule has 0 spiro atoms. The van der Waals surface area contributed by atoms with Crippen LogP contribution in [0.2, 0.25) is 0 Å². The number of aliphatic imine (C=N–C) groups is 1. The smallest absolute Gasteiger partial charge is 0.224 e. The molecule has 31 heavy (non-hydrogen) atoms. The summed E-state index contributed by atoms with van der Waals surface area (Å²) in [5.74, 6) is 0.645. The van der Waals surface area contributed by atoms with Crippen molar-refractivity contribution in [3.63, 3.8) is 0 Å². The number of rotatable bonds is 6. The van der Waals surface area contributed by atoms with E-state index in [-0.39, 0.29) is 35.7 Å². The monoisotopic (exact) mass is 560 g/mol. The van der Waals surface area contributed by atoms with E-state index in [0.29, 0.717) is 32.6 Å². The molecular weight excluding hydrogens is 530 g/mol. The van der Waals surface area contributed by atoms with Gasteiger partial charge in [0.2, 0.25) is 5.91 Å². The number of guanidine groups is 1. The van der Waals surface area contributed by atoms with Gasteiger partial charge in [-0.05, 0) is 31.2 Å². The van der Waals surface area contributed by atoms with Crippen LogP contribution in [0.15, 0.2) is 34.6 Å². The van der Waals surface area contributed by atoms with Crippen molar-refractivity contribution in [1.29, 1.82) is 0 Å². The van der Waals surface area contributed by atoms with Crippen molar-refractivity contribution in [2.24, 2.45) is 4.99 Å². The molecule has 0 radical (unpaired) electrons. The van der Waals surface area contributed by atoms with Crippen molar-refractivity contribution in [2.75, 3.05) is 51.7 Å². The minimum absolute atomic E-state index is 0. The third-order valence-corrected chi connectivity index (χ3v) is 5.91. The molecule has 1 saturated heterocycles. The summed E-state index contributed by atoms with van der Waals surface area (Å²) >= 11 is 1.63. The van der Waals surface area contributed by atoms with Gasteiger partial charge in [0.05, 0.1) is 17.2 Å². The maximum absolute atomic E-state index is 13.1. The lowest BCUT2D eigenvalue weighted by atomic mass is 10.2. The van der Waals surface area contributed by atoms with Gasteiger partial charge in [0.1, 0.15) is 5.82 Å². The quantitative estimate of drug-likeness (QED) is 0.335. The summed E-state index contributed by atoms with van der Waals surface area (Å²) in [6, 6.07) is 6.51. The molecule has 1 amide bonds. The summed E-state index contributed by atoms with van der Waals surface area (Å²) in [4.78, 5) is 27.4. The number of carbonyl (C=O) groups excluding carboxylic acids is 1. The van der Waals surface area contributed by atoms with Crippen LogP contribution in [-0.4, -0.2) is 73.5 Å². The first-order chi connectivity index (χ1) is 14.5. The first-order valence-electron chi connectivity index (χ1n) is 10.1. The van der Waals surface area contributed by atoms with Crippen molar-refractivity contribution in [2.45, 2.75) is 19.9 Å². The van der Waals surface area contributed by atoms with Gasteiger partial charge in [-0.3, -0.25) is 9.79 Å². The van der Waals surface area contributed by atoms with E-state index < -0.39 is 0 Å². The number of aryl methyl sites for hydroxylation is 1. The lowest BCUT2D eigenvalue weighted by molar-refractivity contribution is -0.131. The number of amides is 1. The van der Waals surface area contributed by atoms with Crippen LogP contribution in [-0.2, 0) is 11.3 Å². The first-order valence-corrected chi connectivity index (χ1v) is 11.0. The normalized spacial score (nSPS) is 14.3. The maximum atomic E-state index is 13.1. The largest absolute Gasteiger partial charge is 0.368 e. The standard InChI is InChI=1S/C21H29FN6OS.HI/c1-16-25-18(15-30-16)14-26(3)21(23-2)24-9-8-20(29)28-12-10-27(11-13-28)19-6-4-17(22)5-7-19;/h4-7,15H,8-14H2,1-3H3,(H,23,24);1H. The minimum Gasteiger partial charge on any atom is -0.368 e. The third kappa shape index (κ3) is 7.30. The predicted molar refractivity (Wildman–Crippen MR) is 135 cm³/mol. The van der Waals surface area contributed by atoms with Crippen LogP contribution < -0.4 is 10.2 Å². The lowest BCUT2D eigenvalue weighted by Gasteiger charge is -2.36. The Labute approximate surface area is 204 Å². The van der Waals surface area contributed by atoms with Crippen LogP contribution in [0.1, 0.15) is 17.1 Å². The second-order valence-corrected chi connectivity index (χ2v) is 8.34. The van der Waals surface area contributed by atoms with Gasteiger partial charge in [0.25, 0.3) is 0 Å². The van der Waals surface area contributed by atoms with E-state index >= 15 is 0 Å². The molecule has 0 saturated carbocycles. The Bertz CT molecular complexity index is 867. The average Bonchev–Trinajstić information content (AvgIpc) is 3.16. The molecule has 1 aliphatic heterocycles. The van der Waals surface area contributed by atoms with E-state index in [2.05, 4.69) is 20.2 Å². The topological polar surface area (TPSA) is 64.1 Å². The molecule has 10 heteroatoms. The van der Waals surface area contributed by atoms with E-state index in [9.17, 15) is 9.18 Å². The van der Waals surface area contributed by atoms with Crippen molar-refractivity contribution < 1.29 is 9.18 Å².